The van der Waals surface area contributed by atoms with Crippen LogP contribution in [0.15, 0.2) is 6.20 Å². The third kappa shape index (κ3) is 3.00. The Morgan fingerprint density at radius 2 is 2.46 bits per heavy atom. The molecule has 1 aromatic heterocycles. The monoisotopic (exact) mass is 201 g/mol. The van der Waals surface area contributed by atoms with Crippen molar-refractivity contribution in [3.8, 4) is 0 Å². The Morgan fingerprint density at radius 1 is 1.69 bits per heavy atom. The topological polar surface area (TPSA) is 50.9 Å². The van der Waals surface area contributed by atoms with Crippen LogP contribution >= 0.6 is 11.8 Å². The van der Waals surface area contributed by atoms with Gasteiger partial charge in [0, 0.05) is 12.8 Å². The molecule has 0 aliphatic rings. The Kier molecular flexibility index (Phi) is 4.24. The summed E-state index contributed by atoms with van der Waals surface area (Å²) in [6.07, 6.45) is 2.30. The first-order valence-corrected chi connectivity index (χ1v) is 5.51. The predicted octanol–water partition coefficient (Wildman–Crippen LogP) is 0.992. The van der Waals surface area contributed by atoms with E-state index in [1.807, 2.05) is 0 Å². The smallest absolute Gasteiger partial charge is 0.106 e. The van der Waals surface area contributed by atoms with E-state index in [0.29, 0.717) is 0 Å². The molecular weight excluding hydrogens is 186 g/mol. The molecule has 74 valence electrons. The number of aliphatic hydroxyl groups excluding tert-OH is 1. The maximum Gasteiger partial charge on any atom is 0.106 e. The Morgan fingerprint density at radius 3 is 3.00 bits per heavy atom. The van der Waals surface area contributed by atoms with Crippen molar-refractivity contribution in [1.82, 2.24) is 15.0 Å². The molecule has 0 aliphatic heterocycles. The van der Waals surface area contributed by atoms with Crippen LogP contribution in [0.5, 0.6) is 0 Å². The number of rotatable bonds is 5. The molecule has 0 aromatic carbocycles. The molecule has 1 N–H and O–H groups in total. The van der Waals surface area contributed by atoms with Crippen molar-refractivity contribution in [3.05, 3.63) is 11.9 Å². The van der Waals surface area contributed by atoms with Crippen LogP contribution in [-0.4, -0.2) is 31.6 Å². The highest BCUT2D eigenvalue weighted by Gasteiger charge is 2.11. The molecule has 1 heterocycles. The van der Waals surface area contributed by atoms with E-state index >= 15 is 0 Å². The van der Waals surface area contributed by atoms with Gasteiger partial charge in [0.05, 0.1) is 11.9 Å². The van der Waals surface area contributed by atoms with Crippen molar-refractivity contribution in [2.75, 3.05) is 11.5 Å². The quantitative estimate of drug-likeness (QED) is 0.722. The summed E-state index contributed by atoms with van der Waals surface area (Å²) in [6, 6.07) is 0. The van der Waals surface area contributed by atoms with Crippen LogP contribution in [0.4, 0.5) is 0 Å². The Labute approximate surface area is 82.3 Å². The van der Waals surface area contributed by atoms with Gasteiger partial charge in [-0.25, -0.2) is 4.68 Å². The molecule has 5 heteroatoms. The lowest BCUT2D eigenvalue weighted by atomic mass is 10.3. The second-order valence-corrected chi connectivity index (χ2v) is 4.02. The van der Waals surface area contributed by atoms with Crippen molar-refractivity contribution in [2.24, 2.45) is 7.05 Å². The summed E-state index contributed by atoms with van der Waals surface area (Å²) in [7, 11) is 1.79. The van der Waals surface area contributed by atoms with Crippen LogP contribution in [0, 0.1) is 0 Å². The molecule has 0 saturated carbocycles. The summed E-state index contributed by atoms with van der Waals surface area (Å²) in [5, 5.41) is 17.2. The van der Waals surface area contributed by atoms with E-state index in [1.54, 1.807) is 29.7 Å². The first kappa shape index (κ1) is 10.5. The summed E-state index contributed by atoms with van der Waals surface area (Å²) < 4.78 is 1.61. The SMILES string of the molecule is CCCSCC(O)c1cnnn1C. The highest BCUT2D eigenvalue weighted by Crippen LogP contribution is 2.16. The van der Waals surface area contributed by atoms with Crippen LogP contribution in [0.3, 0.4) is 0 Å². The summed E-state index contributed by atoms with van der Waals surface area (Å²) in [4.78, 5) is 0. The standard InChI is InChI=1S/C8H15N3OS/c1-3-4-13-6-8(12)7-5-9-10-11(7)2/h5,8,12H,3-4,6H2,1-2H3. The number of aliphatic hydroxyl groups is 1. The highest BCUT2D eigenvalue weighted by molar-refractivity contribution is 7.99. The number of hydrogen-bond acceptors (Lipinski definition) is 4. The van der Waals surface area contributed by atoms with Gasteiger partial charge >= 0.3 is 0 Å². The first-order chi connectivity index (χ1) is 6.25. The minimum absolute atomic E-state index is 0.448. The lowest BCUT2D eigenvalue weighted by Crippen LogP contribution is -2.07. The molecule has 0 radical (unpaired) electrons. The van der Waals surface area contributed by atoms with Crippen LogP contribution in [0.1, 0.15) is 25.1 Å². The van der Waals surface area contributed by atoms with Gasteiger partial charge in [0.1, 0.15) is 6.10 Å². The third-order valence-corrected chi connectivity index (χ3v) is 2.96. The molecule has 1 atom stereocenters. The maximum absolute atomic E-state index is 9.70. The van der Waals surface area contributed by atoms with E-state index in [-0.39, 0.29) is 0 Å². The number of aromatic nitrogens is 3. The molecule has 13 heavy (non-hydrogen) atoms. The van der Waals surface area contributed by atoms with Gasteiger partial charge in [0.25, 0.3) is 0 Å². The van der Waals surface area contributed by atoms with Gasteiger partial charge < -0.3 is 5.11 Å². The summed E-state index contributed by atoms with van der Waals surface area (Å²) >= 11 is 1.75. The van der Waals surface area contributed by atoms with Gasteiger partial charge in [-0.05, 0) is 12.2 Å². The zero-order valence-electron chi connectivity index (χ0n) is 7.97. The summed E-state index contributed by atoms with van der Waals surface area (Å²) in [5.74, 6) is 1.80. The van der Waals surface area contributed by atoms with Gasteiger partial charge in [-0.15, -0.1) is 5.10 Å². The molecule has 0 saturated heterocycles. The zero-order valence-corrected chi connectivity index (χ0v) is 8.79. The molecule has 1 rings (SSSR count). The van der Waals surface area contributed by atoms with Crippen molar-refractivity contribution >= 4 is 11.8 Å². The number of hydrogen-bond donors (Lipinski definition) is 1. The minimum atomic E-state index is -0.448. The molecule has 1 aromatic rings. The molecule has 0 fully saturated rings. The average Bonchev–Trinajstić information content (AvgIpc) is 2.52. The fraction of sp³-hybridized carbons (Fsp3) is 0.750. The van der Waals surface area contributed by atoms with E-state index in [1.165, 1.54) is 0 Å². The van der Waals surface area contributed by atoms with Crippen LogP contribution in [0.25, 0.3) is 0 Å². The lowest BCUT2D eigenvalue weighted by molar-refractivity contribution is 0.193. The largest absolute Gasteiger partial charge is 0.386 e. The Bertz CT molecular complexity index is 251. The van der Waals surface area contributed by atoms with Gasteiger partial charge in [0.15, 0.2) is 0 Å². The van der Waals surface area contributed by atoms with Crippen molar-refractivity contribution in [1.29, 1.82) is 0 Å². The molecular formula is C8H15N3OS. The van der Waals surface area contributed by atoms with E-state index < -0.39 is 6.10 Å². The van der Waals surface area contributed by atoms with E-state index in [0.717, 1.165) is 23.6 Å². The zero-order chi connectivity index (χ0) is 9.68. The second kappa shape index (κ2) is 5.24. The van der Waals surface area contributed by atoms with Gasteiger partial charge in [0.2, 0.25) is 0 Å². The number of nitrogens with zero attached hydrogens (tertiary/aromatic N) is 3. The molecule has 0 bridgehead atoms. The predicted molar refractivity (Wildman–Crippen MR) is 53.6 cm³/mol. The Hall–Kier alpha value is -0.550. The fourth-order valence-electron chi connectivity index (χ4n) is 1.02. The normalized spacial score (nSPS) is 13.2. The Balaban J connectivity index is 2.39. The maximum atomic E-state index is 9.70. The average molecular weight is 201 g/mol. The van der Waals surface area contributed by atoms with Crippen molar-refractivity contribution in [2.45, 2.75) is 19.4 Å². The van der Waals surface area contributed by atoms with Gasteiger partial charge in [-0.3, -0.25) is 0 Å². The molecule has 0 amide bonds. The van der Waals surface area contributed by atoms with E-state index in [9.17, 15) is 5.11 Å². The first-order valence-electron chi connectivity index (χ1n) is 4.36. The van der Waals surface area contributed by atoms with Crippen LogP contribution < -0.4 is 0 Å². The number of aryl methyl sites for hydroxylation is 1. The molecule has 1 unspecified atom stereocenters. The van der Waals surface area contributed by atoms with Crippen molar-refractivity contribution in [3.63, 3.8) is 0 Å². The van der Waals surface area contributed by atoms with Crippen LogP contribution in [-0.2, 0) is 7.05 Å². The summed E-state index contributed by atoms with van der Waals surface area (Å²) in [5.41, 5.74) is 0.781. The van der Waals surface area contributed by atoms with Crippen LogP contribution in [0.2, 0.25) is 0 Å². The van der Waals surface area contributed by atoms with E-state index in [4.69, 9.17) is 0 Å². The second-order valence-electron chi connectivity index (χ2n) is 2.87. The lowest BCUT2D eigenvalue weighted by Gasteiger charge is -2.08. The molecule has 0 spiro atoms. The molecule has 4 nitrogen and oxygen atoms in total. The van der Waals surface area contributed by atoms with Crippen molar-refractivity contribution < 1.29 is 5.11 Å². The number of thioether (sulfide) groups is 1. The molecule has 0 aliphatic carbocycles. The fourth-order valence-corrected chi connectivity index (χ4v) is 1.87. The van der Waals surface area contributed by atoms with E-state index in [2.05, 4.69) is 17.2 Å². The minimum Gasteiger partial charge on any atom is -0.386 e. The highest BCUT2D eigenvalue weighted by atomic mass is 32.2. The third-order valence-electron chi connectivity index (χ3n) is 1.72. The van der Waals surface area contributed by atoms with Gasteiger partial charge in [-0.2, -0.15) is 11.8 Å². The summed E-state index contributed by atoms with van der Waals surface area (Å²) in [6.45, 7) is 2.13. The van der Waals surface area contributed by atoms with Gasteiger partial charge in [-0.1, -0.05) is 12.1 Å².